The molecular weight excluding hydrogens is 564 g/mol. The molecule has 0 bridgehead atoms. The van der Waals surface area contributed by atoms with Crippen molar-refractivity contribution in [3.8, 4) is 0 Å². The maximum absolute atomic E-state index is 13.3. The second kappa shape index (κ2) is 8.26. The molecule has 0 radical (unpaired) electrons. The second-order valence-corrected chi connectivity index (χ2v) is 9.04. The molecule has 29 heavy (non-hydrogen) atoms. The van der Waals surface area contributed by atoms with Gasteiger partial charge in [-0.1, -0.05) is 59.9 Å². The fraction of sp³-hybridized carbons (Fsp3) is 0. The first-order valence-electron chi connectivity index (χ1n) is 8.61. The minimum absolute atomic E-state index is 0.109. The number of anilines is 2. The molecule has 0 spiro atoms. The zero-order valence-corrected chi connectivity index (χ0v) is 19.6. The number of benzene rings is 3. The Kier molecular flexibility index (Phi) is 5.72. The van der Waals surface area contributed by atoms with E-state index in [9.17, 15) is 9.59 Å². The van der Waals surface area contributed by atoms with E-state index in [1.54, 1.807) is 30.3 Å². The summed E-state index contributed by atoms with van der Waals surface area (Å²) < 4.78 is 2.71. The van der Waals surface area contributed by atoms with Gasteiger partial charge in [-0.05, 0) is 72.3 Å². The molecule has 3 aromatic rings. The first kappa shape index (κ1) is 20.1. The Balaban J connectivity index is 1.83. The molecule has 4 rings (SSSR count). The summed E-state index contributed by atoms with van der Waals surface area (Å²) in [6.07, 6.45) is 1.63. The maximum atomic E-state index is 13.3. The lowest BCUT2D eigenvalue weighted by atomic mass is 10.1. The third kappa shape index (κ3) is 4.08. The van der Waals surface area contributed by atoms with Crippen LogP contribution < -0.4 is 10.0 Å². The van der Waals surface area contributed by atoms with Crippen LogP contribution in [0.5, 0.6) is 0 Å². The highest BCUT2D eigenvalue weighted by Gasteiger charge is 2.42. The molecule has 0 saturated carbocycles. The van der Waals surface area contributed by atoms with Gasteiger partial charge in [-0.3, -0.25) is 9.59 Å². The van der Waals surface area contributed by atoms with Crippen LogP contribution in [0.15, 0.2) is 91.8 Å². The van der Waals surface area contributed by atoms with Gasteiger partial charge in [-0.15, -0.1) is 0 Å². The average molecular weight is 577 g/mol. The summed E-state index contributed by atoms with van der Waals surface area (Å²) in [5.74, 6) is -0.744. The summed E-state index contributed by atoms with van der Waals surface area (Å²) in [5, 5.41) is 2.81. The summed E-state index contributed by atoms with van der Waals surface area (Å²) >= 11 is 10.2. The van der Waals surface area contributed by atoms with E-state index in [1.807, 2.05) is 48.5 Å². The van der Waals surface area contributed by atoms with Crippen molar-refractivity contribution in [2.75, 3.05) is 10.0 Å². The van der Waals surface area contributed by atoms with Crippen molar-refractivity contribution in [2.24, 2.45) is 0 Å². The van der Waals surface area contributed by atoms with Crippen molar-refractivity contribution in [2.45, 2.75) is 0 Å². The number of rotatable bonds is 3. The van der Waals surface area contributed by atoms with Gasteiger partial charge in [0.2, 0.25) is 0 Å². The lowest BCUT2D eigenvalue weighted by Gasteiger charge is -2.27. The summed E-state index contributed by atoms with van der Waals surface area (Å²) in [6.45, 7) is 0. The fourth-order valence-corrected chi connectivity index (χ4v) is 3.77. The highest BCUT2D eigenvalue weighted by atomic mass is 79.9. The highest BCUT2D eigenvalue weighted by molar-refractivity contribution is 9.11. The molecular formula is C22H13Br3N2O2. The van der Waals surface area contributed by atoms with Crippen LogP contribution in [0.3, 0.4) is 0 Å². The first-order valence-corrected chi connectivity index (χ1v) is 11.0. The van der Waals surface area contributed by atoms with Gasteiger partial charge in [0.25, 0.3) is 11.8 Å². The van der Waals surface area contributed by atoms with Gasteiger partial charge >= 0.3 is 0 Å². The summed E-state index contributed by atoms with van der Waals surface area (Å²) in [6, 6.07) is 22.0. The number of nitrogens with zero attached hydrogens (tertiary/aromatic N) is 2. The number of halogens is 3. The standard InChI is InChI=1S/C22H13Br3N2O2/c23-15-3-1-14(2-4-15)13-20-21(28)26(18-9-5-16(24)6-10-18)27(22(20)29)19-11-7-17(25)8-12-19/h1-13H. The number of carbonyl (C=O) groups is 2. The highest BCUT2D eigenvalue weighted by Crippen LogP contribution is 2.33. The predicted octanol–water partition coefficient (Wildman–Crippen LogP) is 6.35. The molecule has 0 aromatic heterocycles. The molecule has 0 atom stereocenters. The Hall–Kier alpha value is -2.22. The molecule has 0 unspecified atom stereocenters. The van der Waals surface area contributed by atoms with Gasteiger partial charge in [-0.25, -0.2) is 10.0 Å². The van der Waals surface area contributed by atoms with E-state index in [0.717, 1.165) is 19.0 Å². The first-order chi connectivity index (χ1) is 13.9. The van der Waals surface area contributed by atoms with Crippen LogP contribution in [0.25, 0.3) is 6.08 Å². The van der Waals surface area contributed by atoms with Crippen molar-refractivity contribution < 1.29 is 9.59 Å². The smallest absolute Gasteiger partial charge is 0.267 e. The summed E-state index contributed by atoms with van der Waals surface area (Å²) in [7, 11) is 0. The van der Waals surface area contributed by atoms with Crippen LogP contribution >= 0.6 is 47.8 Å². The Morgan fingerprint density at radius 1 is 0.552 bits per heavy atom. The van der Waals surface area contributed by atoms with E-state index in [2.05, 4.69) is 47.8 Å². The topological polar surface area (TPSA) is 40.6 Å². The number of hydrogen-bond donors (Lipinski definition) is 0. The lowest BCUT2D eigenvalue weighted by Crippen LogP contribution is -2.41. The van der Waals surface area contributed by atoms with Gasteiger partial charge in [0, 0.05) is 13.4 Å². The summed E-state index contributed by atoms with van der Waals surface area (Å²) in [4.78, 5) is 26.6. The van der Waals surface area contributed by atoms with Crippen molar-refractivity contribution in [1.82, 2.24) is 0 Å². The minimum Gasteiger partial charge on any atom is -0.267 e. The molecule has 2 amide bonds. The Labute approximate surface area is 193 Å². The van der Waals surface area contributed by atoms with Gasteiger partial charge in [0.05, 0.1) is 11.4 Å². The zero-order chi connectivity index (χ0) is 20.5. The van der Waals surface area contributed by atoms with Crippen molar-refractivity contribution in [3.05, 3.63) is 97.4 Å². The van der Waals surface area contributed by atoms with E-state index in [4.69, 9.17) is 0 Å². The van der Waals surface area contributed by atoms with Crippen molar-refractivity contribution in [1.29, 1.82) is 0 Å². The number of carbonyl (C=O) groups excluding carboxylic acids is 2. The molecule has 1 aliphatic heterocycles. The SMILES string of the molecule is O=C1C(=Cc2ccc(Br)cc2)C(=O)N(c2ccc(Br)cc2)N1c1ccc(Br)cc1. The quantitative estimate of drug-likeness (QED) is 0.269. The van der Waals surface area contributed by atoms with E-state index in [-0.39, 0.29) is 17.4 Å². The van der Waals surface area contributed by atoms with Gasteiger partial charge in [0.1, 0.15) is 5.57 Å². The largest absolute Gasteiger partial charge is 0.283 e. The van der Waals surface area contributed by atoms with Crippen LogP contribution in [0.2, 0.25) is 0 Å². The van der Waals surface area contributed by atoms with Crippen LogP contribution in [-0.2, 0) is 9.59 Å². The zero-order valence-electron chi connectivity index (χ0n) is 14.9. The molecule has 0 N–H and O–H groups in total. The molecule has 1 aliphatic rings. The molecule has 7 heteroatoms. The average Bonchev–Trinajstić information content (AvgIpc) is 2.96. The van der Waals surface area contributed by atoms with Crippen LogP contribution in [0.1, 0.15) is 5.56 Å². The maximum Gasteiger partial charge on any atom is 0.283 e. The number of hydrazine groups is 1. The monoisotopic (exact) mass is 574 g/mol. The van der Waals surface area contributed by atoms with Crippen LogP contribution in [0, 0.1) is 0 Å². The Morgan fingerprint density at radius 2 is 0.897 bits per heavy atom. The van der Waals surface area contributed by atoms with Crippen molar-refractivity contribution in [3.63, 3.8) is 0 Å². The fourth-order valence-electron chi connectivity index (χ4n) is 2.98. The third-order valence-electron chi connectivity index (χ3n) is 4.37. The lowest BCUT2D eigenvalue weighted by molar-refractivity contribution is -0.116. The minimum atomic E-state index is -0.372. The van der Waals surface area contributed by atoms with E-state index in [0.29, 0.717) is 11.4 Å². The van der Waals surface area contributed by atoms with E-state index in [1.165, 1.54) is 10.0 Å². The van der Waals surface area contributed by atoms with Crippen LogP contribution in [0.4, 0.5) is 11.4 Å². The Bertz CT molecular complexity index is 1040. The normalized spacial score (nSPS) is 14.0. The third-order valence-corrected chi connectivity index (χ3v) is 5.95. The summed E-state index contributed by atoms with van der Waals surface area (Å²) in [5.41, 5.74) is 2.10. The molecule has 1 saturated heterocycles. The van der Waals surface area contributed by atoms with Gasteiger partial charge < -0.3 is 0 Å². The van der Waals surface area contributed by atoms with Gasteiger partial charge in [0.15, 0.2) is 0 Å². The number of amides is 2. The molecule has 1 fully saturated rings. The second-order valence-electron chi connectivity index (χ2n) is 6.30. The molecule has 0 aliphatic carbocycles. The Morgan fingerprint density at radius 3 is 1.28 bits per heavy atom. The van der Waals surface area contributed by atoms with Crippen molar-refractivity contribution >= 4 is 77.1 Å². The van der Waals surface area contributed by atoms with E-state index < -0.39 is 0 Å². The molecule has 3 aromatic carbocycles. The molecule has 144 valence electrons. The molecule has 1 heterocycles. The van der Waals surface area contributed by atoms with Crippen LogP contribution in [-0.4, -0.2) is 11.8 Å². The number of hydrogen-bond acceptors (Lipinski definition) is 2. The molecule has 4 nitrogen and oxygen atoms in total. The van der Waals surface area contributed by atoms with E-state index >= 15 is 0 Å². The predicted molar refractivity (Wildman–Crippen MR) is 125 cm³/mol. The van der Waals surface area contributed by atoms with Gasteiger partial charge in [-0.2, -0.15) is 0 Å².